The molecule has 1 heterocycles. The molecule has 0 aliphatic carbocycles. The molecule has 1 saturated heterocycles. The molecule has 0 amide bonds. The molecular formula is C15H22N2O2S2. The lowest BCUT2D eigenvalue weighted by molar-refractivity contribution is 0.303. The first kappa shape index (κ1) is 16.2. The minimum atomic E-state index is -2.91. The SMILES string of the molecule is CC(C)CN(C(=S)Nc1ccccc1)[C@@H]1CCS(=O)(=O)C1. The summed E-state index contributed by atoms with van der Waals surface area (Å²) < 4.78 is 23.4. The molecule has 1 aromatic carbocycles. The monoisotopic (exact) mass is 326 g/mol. The van der Waals surface area contributed by atoms with Crippen molar-refractivity contribution in [1.82, 2.24) is 4.90 Å². The van der Waals surface area contributed by atoms with E-state index in [1.54, 1.807) is 0 Å². The smallest absolute Gasteiger partial charge is 0.173 e. The Morgan fingerprint density at radius 3 is 2.57 bits per heavy atom. The van der Waals surface area contributed by atoms with Crippen LogP contribution in [0.1, 0.15) is 20.3 Å². The lowest BCUT2D eigenvalue weighted by atomic mass is 10.1. The van der Waals surface area contributed by atoms with Crippen LogP contribution in [0.5, 0.6) is 0 Å². The molecule has 4 nitrogen and oxygen atoms in total. The Bertz CT molecular complexity index is 585. The number of hydrogen-bond donors (Lipinski definition) is 1. The van der Waals surface area contributed by atoms with Crippen molar-refractivity contribution in [3.63, 3.8) is 0 Å². The van der Waals surface area contributed by atoms with Gasteiger partial charge in [0.2, 0.25) is 0 Å². The van der Waals surface area contributed by atoms with Crippen molar-refractivity contribution in [2.45, 2.75) is 26.3 Å². The minimum absolute atomic E-state index is 0.0129. The van der Waals surface area contributed by atoms with Crippen molar-refractivity contribution in [3.8, 4) is 0 Å². The maximum atomic E-state index is 11.7. The van der Waals surface area contributed by atoms with Gasteiger partial charge in [-0.25, -0.2) is 8.42 Å². The quantitative estimate of drug-likeness (QED) is 0.862. The first-order chi connectivity index (χ1) is 9.87. The van der Waals surface area contributed by atoms with Crippen molar-refractivity contribution in [2.75, 3.05) is 23.4 Å². The van der Waals surface area contributed by atoms with Crippen LogP contribution >= 0.6 is 12.2 Å². The highest BCUT2D eigenvalue weighted by Gasteiger charge is 2.33. The molecule has 1 aliphatic heterocycles. The van der Waals surface area contributed by atoms with Crippen LogP contribution in [0.2, 0.25) is 0 Å². The Morgan fingerprint density at radius 1 is 1.38 bits per heavy atom. The van der Waals surface area contributed by atoms with Gasteiger partial charge in [-0.15, -0.1) is 0 Å². The molecule has 1 aliphatic rings. The Hall–Kier alpha value is -1.14. The van der Waals surface area contributed by atoms with Gasteiger partial charge in [0, 0.05) is 18.3 Å². The zero-order chi connectivity index (χ0) is 15.5. The molecular weight excluding hydrogens is 304 g/mol. The number of benzene rings is 1. The van der Waals surface area contributed by atoms with Crippen LogP contribution in [0, 0.1) is 5.92 Å². The normalized spacial score (nSPS) is 20.4. The molecule has 0 saturated carbocycles. The molecule has 1 fully saturated rings. The highest BCUT2D eigenvalue weighted by atomic mass is 32.2. The zero-order valence-electron chi connectivity index (χ0n) is 12.5. The molecule has 0 aromatic heterocycles. The second-order valence-corrected chi connectivity index (χ2v) is 8.51. The van der Waals surface area contributed by atoms with Crippen LogP contribution in [-0.4, -0.2) is 42.5 Å². The van der Waals surface area contributed by atoms with Gasteiger partial charge in [0.15, 0.2) is 14.9 Å². The maximum absolute atomic E-state index is 11.7. The number of nitrogens with one attached hydrogen (secondary N) is 1. The fourth-order valence-corrected chi connectivity index (χ4v) is 4.60. The average Bonchev–Trinajstić information content (AvgIpc) is 2.77. The van der Waals surface area contributed by atoms with Gasteiger partial charge in [-0.1, -0.05) is 32.0 Å². The van der Waals surface area contributed by atoms with Crippen molar-refractivity contribution in [1.29, 1.82) is 0 Å². The van der Waals surface area contributed by atoms with Gasteiger partial charge in [0.25, 0.3) is 0 Å². The summed E-state index contributed by atoms with van der Waals surface area (Å²) in [5.74, 6) is 0.889. The number of anilines is 1. The Balaban J connectivity index is 2.10. The number of thiocarbonyl (C=S) groups is 1. The molecule has 1 N–H and O–H groups in total. The van der Waals surface area contributed by atoms with E-state index in [-0.39, 0.29) is 17.5 Å². The lowest BCUT2D eigenvalue weighted by Crippen LogP contribution is -2.45. The summed E-state index contributed by atoms with van der Waals surface area (Å²) in [6, 6.07) is 9.72. The third-order valence-electron chi connectivity index (χ3n) is 3.50. The fraction of sp³-hybridized carbons (Fsp3) is 0.533. The van der Waals surface area contributed by atoms with Gasteiger partial charge >= 0.3 is 0 Å². The van der Waals surface area contributed by atoms with Gasteiger partial charge in [0.1, 0.15) is 0 Å². The van der Waals surface area contributed by atoms with E-state index < -0.39 is 9.84 Å². The summed E-state index contributed by atoms with van der Waals surface area (Å²) >= 11 is 5.51. The summed E-state index contributed by atoms with van der Waals surface area (Å²) in [6.45, 7) is 4.99. The topological polar surface area (TPSA) is 49.4 Å². The van der Waals surface area contributed by atoms with Crippen LogP contribution in [0.25, 0.3) is 0 Å². The number of para-hydroxylation sites is 1. The van der Waals surface area contributed by atoms with E-state index in [1.165, 1.54) is 0 Å². The maximum Gasteiger partial charge on any atom is 0.173 e. The average molecular weight is 326 g/mol. The summed E-state index contributed by atoms with van der Waals surface area (Å²) in [5.41, 5.74) is 0.928. The Labute approximate surface area is 132 Å². The van der Waals surface area contributed by atoms with Gasteiger partial charge in [-0.3, -0.25) is 0 Å². The first-order valence-electron chi connectivity index (χ1n) is 7.20. The molecule has 1 atom stereocenters. The van der Waals surface area contributed by atoms with Crippen molar-refractivity contribution in [2.24, 2.45) is 5.92 Å². The number of nitrogens with zero attached hydrogens (tertiary/aromatic N) is 1. The third-order valence-corrected chi connectivity index (χ3v) is 5.58. The van der Waals surface area contributed by atoms with E-state index in [9.17, 15) is 8.42 Å². The molecule has 2 rings (SSSR count). The summed E-state index contributed by atoms with van der Waals surface area (Å²) in [6.07, 6.45) is 0.658. The Kier molecular flexibility index (Phi) is 5.22. The standard InChI is InChI=1S/C15H22N2O2S2/c1-12(2)10-17(14-8-9-21(18,19)11-14)15(20)16-13-6-4-3-5-7-13/h3-7,12,14H,8-11H2,1-2H3,(H,16,20)/t14-/m1/s1. The van der Waals surface area contributed by atoms with E-state index in [0.717, 1.165) is 12.2 Å². The molecule has 1 aromatic rings. The van der Waals surface area contributed by atoms with Crippen LogP contribution in [0.15, 0.2) is 30.3 Å². The highest BCUT2D eigenvalue weighted by Crippen LogP contribution is 2.20. The van der Waals surface area contributed by atoms with Crippen LogP contribution < -0.4 is 5.32 Å². The van der Waals surface area contributed by atoms with Crippen molar-refractivity contribution >= 4 is 32.9 Å². The largest absolute Gasteiger partial charge is 0.345 e. The van der Waals surface area contributed by atoms with Crippen LogP contribution in [0.4, 0.5) is 5.69 Å². The summed E-state index contributed by atoms with van der Waals surface area (Å²) in [4.78, 5) is 2.04. The van der Waals surface area contributed by atoms with Crippen molar-refractivity contribution < 1.29 is 8.42 Å². The van der Waals surface area contributed by atoms with Crippen LogP contribution in [0.3, 0.4) is 0 Å². The van der Waals surface area contributed by atoms with Gasteiger partial charge in [-0.05, 0) is 36.7 Å². The minimum Gasteiger partial charge on any atom is -0.345 e. The molecule has 116 valence electrons. The third kappa shape index (κ3) is 4.68. The van der Waals surface area contributed by atoms with Crippen LogP contribution in [-0.2, 0) is 9.84 Å². The number of rotatable bonds is 4. The fourth-order valence-electron chi connectivity index (χ4n) is 2.53. The first-order valence-corrected chi connectivity index (χ1v) is 9.43. The van der Waals surface area contributed by atoms with E-state index in [1.807, 2.05) is 35.2 Å². The van der Waals surface area contributed by atoms with Gasteiger partial charge in [-0.2, -0.15) is 0 Å². The molecule has 0 bridgehead atoms. The lowest BCUT2D eigenvalue weighted by Gasteiger charge is -2.32. The van der Waals surface area contributed by atoms with Gasteiger partial charge in [0.05, 0.1) is 11.5 Å². The number of sulfone groups is 1. The van der Waals surface area contributed by atoms with E-state index >= 15 is 0 Å². The zero-order valence-corrected chi connectivity index (χ0v) is 14.1. The number of hydrogen-bond acceptors (Lipinski definition) is 3. The second-order valence-electron chi connectivity index (χ2n) is 5.90. The highest BCUT2D eigenvalue weighted by molar-refractivity contribution is 7.91. The molecule has 6 heteroatoms. The summed E-state index contributed by atoms with van der Waals surface area (Å²) in [5, 5.41) is 3.82. The molecule has 0 unspecified atom stereocenters. The van der Waals surface area contributed by atoms with E-state index in [4.69, 9.17) is 12.2 Å². The molecule has 0 radical (unpaired) electrons. The Morgan fingerprint density at radius 2 is 2.05 bits per heavy atom. The van der Waals surface area contributed by atoms with E-state index in [0.29, 0.717) is 17.5 Å². The predicted octanol–water partition coefficient (Wildman–Crippen LogP) is 2.53. The summed E-state index contributed by atoms with van der Waals surface area (Å²) in [7, 11) is -2.91. The van der Waals surface area contributed by atoms with Gasteiger partial charge < -0.3 is 10.2 Å². The van der Waals surface area contributed by atoms with Crippen molar-refractivity contribution in [3.05, 3.63) is 30.3 Å². The molecule has 21 heavy (non-hydrogen) atoms. The molecule has 0 spiro atoms. The second kappa shape index (κ2) is 6.75. The predicted molar refractivity (Wildman–Crippen MR) is 91.3 cm³/mol. The van der Waals surface area contributed by atoms with E-state index in [2.05, 4.69) is 19.2 Å².